The number of rotatable bonds is 9. The number of hydrogen-bond donors (Lipinski definition) is 0. The highest BCUT2D eigenvalue weighted by atomic mass is 35.5. The first-order chi connectivity index (χ1) is 21.1. The molecule has 3 aromatic rings. The largest absolute Gasteiger partial charge is 0.496 e. The van der Waals surface area contributed by atoms with E-state index in [1.54, 1.807) is 68.1 Å². The van der Waals surface area contributed by atoms with E-state index in [9.17, 15) is 14.4 Å². The van der Waals surface area contributed by atoms with Gasteiger partial charge in [0.1, 0.15) is 11.8 Å². The van der Waals surface area contributed by atoms with Gasteiger partial charge in [-0.2, -0.15) is 0 Å². The second kappa shape index (κ2) is 13.3. The van der Waals surface area contributed by atoms with Gasteiger partial charge in [0.15, 0.2) is 22.9 Å². The summed E-state index contributed by atoms with van der Waals surface area (Å²) >= 11 is 7.59. The Morgan fingerprint density at radius 1 is 1.07 bits per heavy atom. The average Bonchev–Trinajstić information content (AvgIpc) is 3.63. The summed E-state index contributed by atoms with van der Waals surface area (Å²) in [6, 6.07) is 9.41. The third kappa shape index (κ3) is 6.39. The zero-order chi connectivity index (χ0) is 31.5. The summed E-state index contributed by atoms with van der Waals surface area (Å²) in [4.78, 5) is 46.7. The monoisotopic (exact) mass is 639 g/mol. The number of hydrogen-bond acceptors (Lipinski definition) is 9. The van der Waals surface area contributed by atoms with Gasteiger partial charge in [0.05, 0.1) is 36.1 Å². The number of allylic oxidation sites excluding steroid dienone is 1. The van der Waals surface area contributed by atoms with Crippen LogP contribution in [0, 0.1) is 0 Å². The number of carbonyl (C=O) groups excluding carboxylic acids is 2. The first-order valence-corrected chi connectivity index (χ1v) is 15.5. The second-order valence-electron chi connectivity index (χ2n) is 10.7. The lowest BCUT2D eigenvalue weighted by Gasteiger charge is -2.26. The van der Waals surface area contributed by atoms with Gasteiger partial charge in [0.25, 0.3) is 11.5 Å². The van der Waals surface area contributed by atoms with E-state index >= 15 is 0 Å². The van der Waals surface area contributed by atoms with Crippen LogP contribution in [0.5, 0.6) is 17.2 Å². The number of nitrogens with zero attached hydrogens (tertiary/aromatic N) is 3. The van der Waals surface area contributed by atoms with Crippen LogP contribution < -0.4 is 29.1 Å². The molecule has 1 fully saturated rings. The smallest absolute Gasteiger partial charge is 0.338 e. The Balaban J connectivity index is 1.56. The lowest BCUT2D eigenvalue weighted by atomic mass is 9.95. The van der Waals surface area contributed by atoms with Gasteiger partial charge < -0.3 is 23.8 Å². The molecule has 2 aliphatic rings. The molecule has 1 amide bonds. The molecule has 0 bridgehead atoms. The Kier molecular flexibility index (Phi) is 9.45. The first kappa shape index (κ1) is 31.3. The maximum absolute atomic E-state index is 14.0. The number of aromatic nitrogens is 1. The number of benzene rings is 2. The summed E-state index contributed by atoms with van der Waals surface area (Å²) < 4.78 is 24.4. The molecule has 1 atom stereocenters. The van der Waals surface area contributed by atoms with Crippen molar-refractivity contribution in [2.75, 3.05) is 33.9 Å². The normalized spacial score (nSPS) is 16.6. The summed E-state index contributed by atoms with van der Waals surface area (Å²) in [6.07, 6.45) is 3.36. The predicted molar refractivity (Wildman–Crippen MR) is 167 cm³/mol. The number of methoxy groups -OCH3 is 2. The molecule has 3 heterocycles. The maximum Gasteiger partial charge on any atom is 0.338 e. The number of esters is 1. The van der Waals surface area contributed by atoms with Gasteiger partial charge in [-0.3, -0.25) is 14.2 Å². The number of thiazole rings is 1. The van der Waals surface area contributed by atoms with Crippen molar-refractivity contribution in [1.82, 2.24) is 9.47 Å². The third-order valence-electron chi connectivity index (χ3n) is 7.37. The number of amides is 1. The van der Waals surface area contributed by atoms with E-state index in [-0.39, 0.29) is 29.8 Å². The van der Waals surface area contributed by atoms with E-state index in [1.165, 1.54) is 30.1 Å². The maximum atomic E-state index is 14.0. The minimum Gasteiger partial charge on any atom is -0.496 e. The Hall–Kier alpha value is -4.09. The van der Waals surface area contributed by atoms with Crippen LogP contribution >= 0.6 is 22.9 Å². The molecule has 1 aromatic heterocycles. The van der Waals surface area contributed by atoms with E-state index in [2.05, 4.69) is 4.99 Å². The summed E-state index contributed by atoms with van der Waals surface area (Å²) in [6.45, 7) is 6.65. The minimum absolute atomic E-state index is 0.0624. The van der Waals surface area contributed by atoms with Gasteiger partial charge in [0.2, 0.25) is 0 Å². The molecule has 2 aromatic carbocycles. The standard InChI is InChI=1S/C32H34ClN3O7S/c1-18(2)43-31(39)28-19(3)34-32-36(29(28)22-16-21(33)9-11-23(22)40-4)30(38)26(44-32)15-20-8-10-24(25(14-20)41-5)42-17-27(37)35-12-6-7-13-35/h8-11,14-16,18,29H,6-7,12-13,17H2,1-5H3/b26-15-/t29-/m0/s1. The van der Waals surface area contributed by atoms with Crippen molar-refractivity contribution in [1.29, 1.82) is 0 Å². The van der Waals surface area contributed by atoms with Gasteiger partial charge in [-0.05, 0) is 75.6 Å². The van der Waals surface area contributed by atoms with Crippen molar-refractivity contribution < 1.29 is 28.5 Å². The summed E-state index contributed by atoms with van der Waals surface area (Å²) in [5.41, 5.74) is 1.52. The number of carbonyl (C=O) groups is 2. The average molecular weight is 640 g/mol. The van der Waals surface area contributed by atoms with E-state index in [1.807, 2.05) is 0 Å². The molecule has 232 valence electrons. The van der Waals surface area contributed by atoms with Crippen LogP contribution in [0.1, 0.15) is 50.8 Å². The molecular formula is C32H34ClN3O7S. The van der Waals surface area contributed by atoms with Gasteiger partial charge >= 0.3 is 5.97 Å². The Labute approximate surface area is 263 Å². The third-order valence-corrected chi connectivity index (χ3v) is 8.58. The quantitative estimate of drug-likeness (QED) is 0.327. The number of ether oxygens (including phenoxy) is 4. The van der Waals surface area contributed by atoms with Crippen molar-refractivity contribution in [2.45, 2.75) is 45.8 Å². The Morgan fingerprint density at radius 2 is 1.77 bits per heavy atom. The summed E-state index contributed by atoms with van der Waals surface area (Å²) in [5, 5.41) is 0.422. The van der Waals surface area contributed by atoms with E-state index in [4.69, 9.17) is 30.5 Å². The SMILES string of the molecule is COc1cc(/C=c2\sc3n(c2=O)[C@@H](c2cc(Cl)ccc2OC)C(C(=O)OC(C)C)=C(C)N=3)ccc1OCC(=O)N1CCCC1. The van der Waals surface area contributed by atoms with Gasteiger partial charge in [-0.25, -0.2) is 9.79 Å². The molecule has 0 aliphatic carbocycles. The predicted octanol–water partition coefficient (Wildman–Crippen LogP) is 3.86. The molecule has 0 saturated carbocycles. The van der Waals surface area contributed by atoms with Crippen molar-refractivity contribution in [3.63, 3.8) is 0 Å². The van der Waals surface area contributed by atoms with Crippen LogP contribution in [0.25, 0.3) is 6.08 Å². The molecular weight excluding hydrogens is 606 g/mol. The molecule has 5 rings (SSSR count). The van der Waals surface area contributed by atoms with Gasteiger partial charge in [-0.15, -0.1) is 0 Å². The number of likely N-dealkylation sites (tertiary alicyclic amines) is 1. The molecule has 0 N–H and O–H groups in total. The van der Waals surface area contributed by atoms with Gasteiger partial charge in [0, 0.05) is 23.7 Å². The fourth-order valence-corrected chi connectivity index (χ4v) is 6.54. The van der Waals surface area contributed by atoms with E-state index in [0.717, 1.165) is 25.9 Å². The molecule has 1 saturated heterocycles. The first-order valence-electron chi connectivity index (χ1n) is 14.3. The molecule has 0 unspecified atom stereocenters. The van der Waals surface area contributed by atoms with Crippen molar-refractivity contribution in [3.8, 4) is 17.2 Å². The van der Waals surface area contributed by atoms with Crippen LogP contribution in [-0.4, -0.2) is 61.4 Å². The lowest BCUT2D eigenvalue weighted by molar-refractivity contribution is -0.143. The van der Waals surface area contributed by atoms with Crippen molar-refractivity contribution in [3.05, 3.63) is 83.5 Å². The van der Waals surface area contributed by atoms with Crippen LogP contribution in [0.4, 0.5) is 0 Å². The highest BCUT2D eigenvalue weighted by Gasteiger charge is 2.35. The van der Waals surface area contributed by atoms with Crippen LogP contribution in [0.15, 0.2) is 57.5 Å². The fraction of sp³-hybridized carbons (Fsp3) is 0.375. The molecule has 0 radical (unpaired) electrons. The van der Waals surface area contributed by atoms with E-state index in [0.29, 0.717) is 48.4 Å². The molecule has 10 nitrogen and oxygen atoms in total. The zero-order valence-corrected chi connectivity index (χ0v) is 26.8. The topological polar surface area (TPSA) is 109 Å². The Bertz CT molecular complexity index is 1800. The van der Waals surface area contributed by atoms with Crippen molar-refractivity contribution in [2.24, 2.45) is 4.99 Å². The fourth-order valence-electron chi connectivity index (χ4n) is 5.32. The molecule has 0 spiro atoms. The van der Waals surface area contributed by atoms with E-state index < -0.39 is 12.0 Å². The molecule has 2 aliphatic heterocycles. The lowest BCUT2D eigenvalue weighted by Crippen LogP contribution is -2.40. The highest BCUT2D eigenvalue weighted by molar-refractivity contribution is 7.07. The van der Waals surface area contributed by atoms with Crippen LogP contribution in [0.3, 0.4) is 0 Å². The van der Waals surface area contributed by atoms with Crippen molar-refractivity contribution >= 4 is 40.9 Å². The van der Waals surface area contributed by atoms with Crippen LogP contribution in [0.2, 0.25) is 5.02 Å². The summed E-state index contributed by atoms with van der Waals surface area (Å²) in [5.74, 6) is 0.674. The zero-order valence-electron chi connectivity index (χ0n) is 25.2. The Morgan fingerprint density at radius 3 is 2.45 bits per heavy atom. The molecule has 44 heavy (non-hydrogen) atoms. The van der Waals surface area contributed by atoms with Crippen LogP contribution in [-0.2, 0) is 14.3 Å². The highest BCUT2D eigenvalue weighted by Crippen LogP contribution is 2.37. The number of halogens is 1. The van der Waals surface area contributed by atoms with Gasteiger partial charge in [-0.1, -0.05) is 29.0 Å². The molecule has 12 heteroatoms. The minimum atomic E-state index is -0.883. The second-order valence-corrected chi connectivity index (χ2v) is 12.2. The summed E-state index contributed by atoms with van der Waals surface area (Å²) in [7, 11) is 3.03. The number of fused-ring (bicyclic) bond motifs is 1.